The third-order valence-corrected chi connectivity index (χ3v) is 6.01. The second kappa shape index (κ2) is 8.29. The molecule has 23 heavy (non-hydrogen) atoms. The maximum Gasteiger partial charge on any atom is 0.404 e. The molecule has 1 atom stereocenters. The van der Waals surface area contributed by atoms with Crippen LogP contribution < -0.4 is 5.32 Å². The standard InChI is InChI=1S/C17H28N2O2S2/c1-16(2,3)14(10-19-15(20)21)22-11-12-13(8-7-9-18-12)23-17(4,5)6/h7-9,14,19H,10-11H2,1-6H3,(H,20,21). The molecule has 0 bridgehead atoms. The Hall–Kier alpha value is -0.880. The lowest BCUT2D eigenvalue weighted by atomic mass is 9.92. The van der Waals surface area contributed by atoms with Crippen molar-refractivity contribution in [3.05, 3.63) is 24.0 Å². The number of rotatable bonds is 6. The number of nitrogens with zero attached hydrogens (tertiary/aromatic N) is 1. The number of hydrogen-bond acceptors (Lipinski definition) is 4. The van der Waals surface area contributed by atoms with Crippen molar-refractivity contribution in [1.29, 1.82) is 0 Å². The van der Waals surface area contributed by atoms with Crippen LogP contribution in [0.25, 0.3) is 0 Å². The molecule has 1 aromatic rings. The first-order valence-corrected chi connectivity index (χ1v) is 9.57. The topological polar surface area (TPSA) is 62.2 Å². The Kier molecular flexibility index (Phi) is 7.27. The molecule has 0 aliphatic rings. The van der Waals surface area contributed by atoms with Crippen LogP contribution in [-0.2, 0) is 5.75 Å². The fourth-order valence-corrected chi connectivity index (χ4v) is 4.36. The molecule has 0 saturated carbocycles. The third kappa shape index (κ3) is 7.97. The van der Waals surface area contributed by atoms with Gasteiger partial charge in [0.2, 0.25) is 0 Å². The molecule has 0 fully saturated rings. The molecular weight excluding hydrogens is 328 g/mol. The minimum absolute atomic E-state index is 0.0131. The quantitative estimate of drug-likeness (QED) is 0.711. The lowest BCUT2D eigenvalue weighted by molar-refractivity contribution is 0.193. The minimum Gasteiger partial charge on any atom is -0.465 e. The summed E-state index contributed by atoms with van der Waals surface area (Å²) in [6.45, 7) is 13.4. The van der Waals surface area contributed by atoms with Crippen molar-refractivity contribution in [3.8, 4) is 0 Å². The van der Waals surface area contributed by atoms with Gasteiger partial charge >= 0.3 is 6.09 Å². The molecule has 0 aliphatic heterocycles. The van der Waals surface area contributed by atoms with E-state index in [1.54, 1.807) is 11.8 Å². The van der Waals surface area contributed by atoms with Gasteiger partial charge in [-0.15, -0.1) is 23.5 Å². The van der Waals surface area contributed by atoms with Crippen LogP contribution in [0.1, 0.15) is 47.2 Å². The highest BCUT2D eigenvalue weighted by atomic mass is 32.2. The zero-order valence-electron chi connectivity index (χ0n) is 14.8. The molecule has 1 amide bonds. The van der Waals surface area contributed by atoms with Gasteiger partial charge in [0.15, 0.2) is 0 Å². The summed E-state index contributed by atoms with van der Waals surface area (Å²) in [5.74, 6) is 0.780. The van der Waals surface area contributed by atoms with Crippen molar-refractivity contribution in [2.45, 2.75) is 62.2 Å². The molecule has 0 aliphatic carbocycles. The van der Waals surface area contributed by atoms with Crippen molar-refractivity contribution >= 4 is 29.6 Å². The van der Waals surface area contributed by atoms with Crippen molar-refractivity contribution in [3.63, 3.8) is 0 Å². The van der Waals surface area contributed by atoms with Crippen LogP contribution in [-0.4, -0.2) is 32.7 Å². The molecule has 1 heterocycles. The first-order chi connectivity index (χ1) is 10.5. The Morgan fingerprint density at radius 1 is 1.30 bits per heavy atom. The fraction of sp³-hybridized carbons (Fsp3) is 0.647. The molecule has 4 nitrogen and oxygen atoms in total. The number of pyridine rings is 1. The van der Waals surface area contributed by atoms with E-state index in [0.29, 0.717) is 6.54 Å². The van der Waals surface area contributed by atoms with Gasteiger partial charge in [-0.05, 0) is 17.5 Å². The first-order valence-electron chi connectivity index (χ1n) is 7.70. The summed E-state index contributed by atoms with van der Waals surface area (Å²) in [4.78, 5) is 16.5. The Balaban J connectivity index is 2.79. The monoisotopic (exact) mass is 356 g/mol. The fourth-order valence-electron chi connectivity index (χ4n) is 1.93. The molecule has 0 saturated heterocycles. The van der Waals surface area contributed by atoms with Crippen LogP contribution in [0.15, 0.2) is 23.2 Å². The smallest absolute Gasteiger partial charge is 0.404 e. The highest BCUT2D eigenvalue weighted by Crippen LogP contribution is 2.37. The summed E-state index contributed by atoms with van der Waals surface area (Å²) in [6.07, 6.45) is 0.853. The second-order valence-electron chi connectivity index (χ2n) is 7.51. The van der Waals surface area contributed by atoms with E-state index in [0.717, 1.165) is 11.4 Å². The highest BCUT2D eigenvalue weighted by Gasteiger charge is 2.26. The predicted octanol–water partition coefficient (Wildman–Crippen LogP) is 4.89. The average Bonchev–Trinajstić information content (AvgIpc) is 2.36. The van der Waals surface area contributed by atoms with E-state index in [2.05, 4.69) is 57.9 Å². The molecule has 6 heteroatoms. The Labute approximate surface area is 148 Å². The molecule has 1 unspecified atom stereocenters. The van der Waals surface area contributed by atoms with Crippen LogP contribution in [0.3, 0.4) is 0 Å². The van der Waals surface area contributed by atoms with Gasteiger partial charge in [-0.3, -0.25) is 4.98 Å². The number of carbonyl (C=O) groups is 1. The Morgan fingerprint density at radius 3 is 2.48 bits per heavy atom. The number of nitrogens with one attached hydrogen (secondary N) is 1. The maximum atomic E-state index is 10.8. The number of amides is 1. The molecule has 0 aromatic carbocycles. The van der Waals surface area contributed by atoms with Crippen LogP contribution >= 0.6 is 23.5 Å². The molecule has 0 radical (unpaired) electrons. The van der Waals surface area contributed by atoms with Crippen molar-refractivity contribution in [1.82, 2.24) is 10.3 Å². The van der Waals surface area contributed by atoms with Gasteiger partial charge in [-0.2, -0.15) is 0 Å². The summed E-state index contributed by atoms with van der Waals surface area (Å²) < 4.78 is 0.136. The van der Waals surface area contributed by atoms with Crippen LogP contribution in [0.5, 0.6) is 0 Å². The van der Waals surface area contributed by atoms with Gasteiger partial charge in [0.05, 0.1) is 5.69 Å². The lowest BCUT2D eigenvalue weighted by Crippen LogP contribution is -2.36. The molecule has 2 N–H and O–H groups in total. The normalized spacial score (nSPS) is 13.7. The highest BCUT2D eigenvalue weighted by molar-refractivity contribution is 8.01. The van der Waals surface area contributed by atoms with E-state index in [1.807, 2.05) is 24.0 Å². The molecule has 1 aromatic heterocycles. The minimum atomic E-state index is -0.971. The van der Waals surface area contributed by atoms with E-state index in [-0.39, 0.29) is 15.4 Å². The first kappa shape index (κ1) is 20.2. The van der Waals surface area contributed by atoms with Crippen molar-refractivity contribution in [2.24, 2.45) is 5.41 Å². The van der Waals surface area contributed by atoms with Crippen LogP contribution in [0.4, 0.5) is 4.79 Å². The van der Waals surface area contributed by atoms with Crippen LogP contribution in [0, 0.1) is 5.41 Å². The van der Waals surface area contributed by atoms with E-state index in [9.17, 15) is 4.79 Å². The summed E-state index contributed by atoms with van der Waals surface area (Å²) in [5, 5.41) is 11.5. The Bertz CT molecular complexity index is 522. The maximum absolute atomic E-state index is 10.8. The van der Waals surface area contributed by atoms with Gasteiger partial charge in [0, 0.05) is 33.4 Å². The second-order valence-corrected chi connectivity index (χ2v) is 10.6. The Morgan fingerprint density at radius 2 is 1.96 bits per heavy atom. The van der Waals surface area contributed by atoms with E-state index >= 15 is 0 Å². The van der Waals surface area contributed by atoms with Crippen molar-refractivity contribution in [2.75, 3.05) is 6.54 Å². The van der Waals surface area contributed by atoms with E-state index < -0.39 is 6.09 Å². The lowest BCUT2D eigenvalue weighted by Gasteiger charge is -2.30. The van der Waals surface area contributed by atoms with Gasteiger partial charge in [-0.1, -0.05) is 41.5 Å². The molecule has 130 valence electrons. The number of hydrogen-bond donors (Lipinski definition) is 2. The zero-order valence-corrected chi connectivity index (χ0v) is 16.5. The number of carboxylic acid groups (broad SMARTS) is 1. The zero-order chi connectivity index (χ0) is 17.7. The summed E-state index contributed by atoms with van der Waals surface area (Å²) in [7, 11) is 0. The number of thioether (sulfide) groups is 2. The van der Waals surface area contributed by atoms with Gasteiger partial charge in [-0.25, -0.2) is 4.79 Å². The molecule has 0 spiro atoms. The van der Waals surface area contributed by atoms with E-state index in [4.69, 9.17) is 5.11 Å². The van der Waals surface area contributed by atoms with Gasteiger partial charge < -0.3 is 10.4 Å². The summed E-state index contributed by atoms with van der Waals surface area (Å²) >= 11 is 3.58. The summed E-state index contributed by atoms with van der Waals surface area (Å²) in [6, 6.07) is 4.08. The SMILES string of the molecule is CC(C)(C)Sc1cccnc1CSC(CNC(=O)O)C(C)(C)C. The average molecular weight is 357 g/mol. The van der Waals surface area contributed by atoms with Gasteiger partial charge in [0.25, 0.3) is 0 Å². The summed E-state index contributed by atoms with van der Waals surface area (Å²) in [5.41, 5.74) is 1.08. The third-order valence-electron chi connectivity index (χ3n) is 3.09. The molecule has 1 rings (SSSR count). The van der Waals surface area contributed by atoms with Crippen molar-refractivity contribution < 1.29 is 9.90 Å². The number of aromatic nitrogens is 1. The van der Waals surface area contributed by atoms with Crippen LogP contribution in [0.2, 0.25) is 0 Å². The van der Waals surface area contributed by atoms with E-state index in [1.165, 1.54) is 4.90 Å². The van der Waals surface area contributed by atoms with Gasteiger partial charge in [0.1, 0.15) is 0 Å². The molecular formula is C17H28N2O2S2. The predicted molar refractivity (Wildman–Crippen MR) is 100 cm³/mol. The largest absolute Gasteiger partial charge is 0.465 e.